The molecule has 1 aromatic carbocycles. The summed E-state index contributed by atoms with van der Waals surface area (Å²) in [4.78, 5) is 30.9. The lowest BCUT2D eigenvalue weighted by Crippen LogP contribution is -2.63. The molecule has 2 fully saturated rings. The summed E-state index contributed by atoms with van der Waals surface area (Å²) in [6, 6.07) is 4.56. The summed E-state index contributed by atoms with van der Waals surface area (Å²) >= 11 is 7.09. The van der Waals surface area contributed by atoms with Crippen molar-refractivity contribution in [3.8, 4) is 0 Å². The van der Waals surface area contributed by atoms with Crippen molar-refractivity contribution in [2.24, 2.45) is 0 Å². The molecule has 33 heavy (non-hydrogen) atoms. The third kappa shape index (κ3) is 6.01. The van der Waals surface area contributed by atoms with Crippen molar-refractivity contribution < 1.29 is 22.8 Å². The fraction of sp³-hybridized carbons (Fsp3) is 0.524. The topological polar surface area (TPSA) is 87.2 Å². The normalized spacial score (nSPS) is 21.9. The lowest BCUT2D eigenvalue weighted by Gasteiger charge is -2.46. The maximum atomic E-state index is 12.8. The van der Waals surface area contributed by atoms with Gasteiger partial charge in [-0.05, 0) is 67.0 Å². The highest BCUT2D eigenvalue weighted by Gasteiger charge is 2.36. The Morgan fingerprint density at radius 1 is 1.18 bits per heavy atom. The zero-order valence-corrected chi connectivity index (χ0v) is 19.1. The minimum atomic E-state index is -4.53. The number of carbonyl (C=O) groups is 2. The molecule has 2 N–H and O–H groups in total. The van der Waals surface area contributed by atoms with Crippen molar-refractivity contribution in [3.05, 3.63) is 45.7 Å². The van der Waals surface area contributed by atoms with Gasteiger partial charge in [-0.1, -0.05) is 6.07 Å². The lowest BCUT2D eigenvalue weighted by atomic mass is 9.83. The van der Waals surface area contributed by atoms with Gasteiger partial charge in [0.05, 0.1) is 18.2 Å². The molecule has 1 saturated carbocycles. The van der Waals surface area contributed by atoms with Gasteiger partial charge in [-0.25, -0.2) is 4.98 Å². The number of hydrogen-bond donors (Lipinski definition) is 2. The summed E-state index contributed by atoms with van der Waals surface area (Å²) in [5, 5.41) is 5.23. The van der Waals surface area contributed by atoms with Crippen molar-refractivity contribution in [2.45, 2.75) is 49.9 Å². The van der Waals surface area contributed by atoms with Gasteiger partial charge < -0.3 is 10.6 Å². The fourth-order valence-electron chi connectivity index (χ4n) is 4.36. The number of halogens is 4. The Bertz CT molecular complexity index is 1000. The number of likely N-dealkylation sites (tertiary alicyclic amines) is 1. The van der Waals surface area contributed by atoms with Crippen molar-refractivity contribution in [3.63, 3.8) is 0 Å². The van der Waals surface area contributed by atoms with E-state index in [-0.39, 0.29) is 24.1 Å². The average Bonchev–Trinajstić information content (AvgIpc) is 3.20. The molecule has 0 radical (unpaired) electrons. The molecule has 2 heterocycles. The number of rotatable bonds is 6. The Kier molecular flexibility index (Phi) is 7.20. The first-order valence-corrected chi connectivity index (χ1v) is 11.8. The molecule has 2 aliphatic rings. The molecule has 1 aliphatic heterocycles. The van der Waals surface area contributed by atoms with Crippen molar-refractivity contribution in [1.29, 1.82) is 0 Å². The van der Waals surface area contributed by atoms with E-state index >= 15 is 0 Å². The van der Waals surface area contributed by atoms with E-state index in [9.17, 15) is 22.8 Å². The monoisotopic (exact) mass is 501 g/mol. The van der Waals surface area contributed by atoms with Gasteiger partial charge in [0.15, 0.2) is 0 Å². The Morgan fingerprint density at radius 3 is 2.55 bits per heavy atom. The van der Waals surface area contributed by atoms with Crippen LogP contribution >= 0.6 is 23.1 Å². The zero-order valence-electron chi connectivity index (χ0n) is 17.6. The highest BCUT2D eigenvalue weighted by atomic mass is 35.5. The van der Waals surface area contributed by atoms with E-state index in [1.54, 1.807) is 0 Å². The maximum absolute atomic E-state index is 12.8. The molecule has 2 aromatic rings. The van der Waals surface area contributed by atoms with Crippen molar-refractivity contribution in [1.82, 2.24) is 24.9 Å². The van der Waals surface area contributed by atoms with E-state index in [4.69, 9.17) is 11.6 Å². The van der Waals surface area contributed by atoms with E-state index in [2.05, 4.69) is 24.9 Å². The Morgan fingerprint density at radius 2 is 1.91 bits per heavy atom. The van der Waals surface area contributed by atoms with Crippen LogP contribution in [0.3, 0.4) is 0 Å². The number of nitrogens with zero attached hydrogens (tertiary/aromatic N) is 3. The number of aromatic nitrogens is 2. The van der Waals surface area contributed by atoms with Crippen LogP contribution in [0.4, 0.5) is 13.2 Å². The van der Waals surface area contributed by atoms with Crippen LogP contribution in [0.2, 0.25) is 4.47 Å². The maximum Gasteiger partial charge on any atom is 0.416 e. The van der Waals surface area contributed by atoms with E-state index in [1.165, 1.54) is 17.6 Å². The number of amides is 2. The van der Waals surface area contributed by atoms with Gasteiger partial charge in [-0.2, -0.15) is 17.5 Å². The number of nitrogens with one attached hydrogen (secondary N) is 2. The van der Waals surface area contributed by atoms with Crippen LogP contribution in [-0.2, 0) is 11.0 Å². The smallest absolute Gasteiger partial charge is 0.349 e. The minimum absolute atomic E-state index is 0.000281. The first-order chi connectivity index (χ1) is 15.7. The summed E-state index contributed by atoms with van der Waals surface area (Å²) in [5.74, 6) is 0.0981. The van der Waals surface area contributed by atoms with Gasteiger partial charge in [-0.3, -0.25) is 14.5 Å². The SMILES string of the molecule is O=C(CNC(=O)c1cccc(C(F)(F)F)c1)NC1CN([C@H]2CC[C@@H](c3nsc(Cl)n3)CC2)C1. The molecular formula is C21H23ClF3N5O2S. The van der Waals surface area contributed by atoms with Crippen molar-refractivity contribution >= 4 is 34.9 Å². The largest absolute Gasteiger partial charge is 0.416 e. The Balaban J connectivity index is 1.15. The highest BCUT2D eigenvalue weighted by molar-refractivity contribution is 7.10. The van der Waals surface area contributed by atoms with E-state index in [0.29, 0.717) is 16.4 Å². The third-order valence-electron chi connectivity index (χ3n) is 6.13. The minimum Gasteiger partial charge on any atom is -0.349 e. The van der Waals surface area contributed by atoms with Crippen LogP contribution in [0.15, 0.2) is 24.3 Å². The Labute approximate surface area is 197 Å². The summed E-state index contributed by atoms with van der Waals surface area (Å²) < 4.78 is 43.1. The van der Waals surface area contributed by atoms with Gasteiger partial charge in [0.1, 0.15) is 5.82 Å². The fourth-order valence-corrected chi connectivity index (χ4v) is 5.04. The lowest BCUT2D eigenvalue weighted by molar-refractivity contribution is -0.137. The molecular weight excluding hydrogens is 479 g/mol. The van der Waals surface area contributed by atoms with Gasteiger partial charge in [0.2, 0.25) is 10.4 Å². The molecule has 4 rings (SSSR count). The van der Waals surface area contributed by atoms with Gasteiger partial charge in [0.25, 0.3) is 5.91 Å². The van der Waals surface area contributed by atoms with Crippen LogP contribution in [0.1, 0.15) is 53.3 Å². The van der Waals surface area contributed by atoms with Crippen LogP contribution in [0.25, 0.3) is 0 Å². The van der Waals surface area contributed by atoms with Gasteiger partial charge >= 0.3 is 6.18 Å². The molecule has 12 heteroatoms. The predicted molar refractivity (Wildman–Crippen MR) is 117 cm³/mol. The number of benzene rings is 1. The first kappa shape index (κ1) is 23.9. The van der Waals surface area contributed by atoms with Crippen molar-refractivity contribution in [2.75, 3.05) is 19.6 Å². The molecule has 178 valence electrons. The van der Waals surface area contributed by atoms with Crippen LogP contribution in [-0.4, -0.2) is 57.8 Å². The van der Waals surface area contributed by atoms with Crippen LogP contribution in [0.5, 0.6) is 0 Å². The molecule has 1 saturated heterocycles. The summed E-state index contributed by atoms with van der Waals surface area (Å²) in [6.45, 7) is 1.19. The molecule has 0 unspecified atom stereocenters. The second-order valence-electron chi connectivity index (χ2n) is 8.39. The summed E-state index contributed by atoms with van der Waals surface area (Å²) in [6.07, 6.45) is -0.446. The number of carbonyl (C=O) groups excluding carboxylic acids is 2. The number of alkyl halides is 3. The summed E-state index contributed by atoms with van der Waals surface area (Å²) in [5.41, 5.74) is -1.05. The van der Waals surface area contributed by atoms with Crippen LogP contribution in [0, 0.1) is 0 Å². The third-order valence-corrected chi connectivity index (χ3v) is 6.94. The molecule has 0 bridgehead atoms. The average molecular weight is 502 g/mol. The molecule has 0 spiro atoms. The second-order valence-corrected chi connectivity index (χ2v) is 9.72. The number of hydrogen-bond acceptors (Lipinski definition) is 6. The second kappa shape index (κ2) is 9.94. The quantitative estimate of drug-likeness (QED) is 0.633. The standard InChI is InChI=1S/C21H23ClF3N5O2S/c22-20-28-18(29-33-20)12-4-6-16(7-5-12)30-10-15(11-30)27-17(31)9-26-19(32)13-2-1-3-14(8-13)21(23,24)25/h1-3,8,12,15-16H,4-7,9-11H2,(H,26,32)(H,27,31)/t12-,16+. The highest BCUT2D eigenvalue weighted by Crippen LogP contribution is 2.35. The van der Waals surface area contributed by atoms with Crippen LogP contribution < -0.4 is 10.6 Å². The summed E-state index contributed by atoms with van der Waals surface area (Å²) in [7, 11) is 0. The molecule has 2 amide bonds. The molecule has 7 nitrogen and oxygen atoms in total. The first-order valence-electron chi connectivity index (χ1n) is 10.7. The molecule has 1 aromatic heterocycles. The van der Waals surface area contributed by atoms with E-state index < -0.39 is 17.6 Å². The van der Waals surface area contributed by atoms with E-state index in [1.807, 2.05) is 0 Å². The van der Waals surface area contributed by atoms with Gasteiger partial charge in [-0.15, -0.1) is 0 Å². The molecule has 1 aliphatic carbocycles. The van der Waals surface area contributed by atoms with Gasteiger partial charge in [0, 0.05) is 30.6 Å². The molecule has 0 atom stereocenters. The zero-order chi connectivity index (χ0) is 23.6. The predicted octanol–water partition coefficient (Wildman–Crippen LogP) is 3.47. The van der Waals surface area contributed by atoms with E-state index in [0.717, 1.165) is 62.8 Å². The Hall–Kier alpha value is -2.24.